The molecule has 0 bridgehead atoms. The Bertz CT molecular complexity index is 1420. The third-order valence-corrected chi connectivity index (χ3v) is 10.9. The second-order valence-corrected chi connectivity index (χ2v) is 14.4. The molecule has 0 amide bonds. The Hall–Kier alpha value is -1.94. The SMILES string of the molecule is CCC(CCCOC(=O)c1c(Cl)c(Cl)cc(Cl)c1OC(=O)C(=O)Oc1c(Cl)cc(Cl)c(Cl)c1C(=O)OCCCC(CC)C1CC1)C1CC1. The summed E-state index contributed by atoms with van der Waals surface area (Å²) in [7, 11) is 0. The van der Waals surface area contributed by atoms with Gasteiger partial charge in [0, 0.05) is 0 Å². The van der Waals surface area contributed by atoms with Crippen molar-refractivity contribution in [1.29, 1.82) is 0 Å². The van der Waals surface area contributed by atoms with Crippen LogP contribution in [-0.2, 0) is 19.1 Å². The number of carbonyl (C=O) groups is 4. The van der Waals surface area contributed by atoms with E-state index in [9.17, 15) is 19.2 Å². The summed E-state index contributed by atoms with van der Waals surface area (Å²) >= 11 is 37.4. The van der Waals surface area contributed by atoms with Gasteiger partial charge in [0.2, 0.25) is 0 Å². The number of hydrogen-bond donors (Lipinski definition) is 0. The van der Waals surface area contributed by atoms with Gasteiger partial charge in [-0.2, -0.15) is 0 Å². The highest BCUT2D eigenvalue weighted by molar-refractivity contribution is 6.47. The van der Waals surface area contributed by atoms with Crippen LogP contribution < -0.4 is 9.47 Å². The van der Waals surface area contributed by atoms with Crippen molar-refractivity contribution in [3.05, 3.63) is 53.4 Å². The molecule has 262 valence electrons. The fourth-order valence-corrected chi connectivity index (χ4v) is 7.28. The summed E-state index contributed by atoms with van der Waals surface area (Å²) < 4.78 is 21.2. The topological polar surface area (TPSA) is 105 Å². The number of rotatable bonds is 16. The molecule has 2 unspecified atom stereocenters. The molecule has 0 saturated heterocycles. The zero-order valence-corrected chi connectivity index (χ0v) is 31.0. The molecule has 0 radical (unpaired) electrons. The van der Waals surface area contributed by atoms with Crippen LogP contribution in [0, 0.1) is 23.7 Å². The lowest BCUT2D eigenvalue weighted by molar-refractivity contribution is -0.156. The van der Waals surface area contributed by atoms with Crippen molar-refractivity contribution in [1.82, 2.24) is 0 Å². The fourth-order valence-electron chi connectivity index (χ4n) is 5.84. The molecular formula is C34H36Cl6O8. The Morgan fingerprint density at radius 3 is 1.29 bits per heavy atom. The molecule has 0 aliphatic heterocycles. The lowest BCUT2D eigenvalue weighted by Gasteiger charge is -2.16. The third kappa shape index (κ3) is 10.1. The molecule has 0 N–H and O–H groups in total. The molecule has 2 atom stereocenters. The van der Waals surface area contributed by atoms with Gasteiger partial charge >= 0.3 is 23.9 Å². The van der Waals surface area contributed by atoms with Gasteiger partial charge in [0.25, 0.3) is 0 Å². The minimum atomic E-state index is -1.63. The molecule has 0 aromatic heterocycles. The maximum absolute atomic E-state index is 13.1. The zero-order chi connectivity index (χ0) is 35.1. The lowest BCUT2D eigenvalue weighted by Crippen LogP contribution is -2.27. The van der Waals surface area contributed by atoms with E-state index in [1.807, 2.05) is 0 Å². The fraction of sp³-hybridized carbons (Fsp3) is 0.529. The summed E-state index contributed by atoms with van der Waals surface area (Å²) in [5, 5.41) is -1.43. The molecule has 48 heavy (non-hydrogen) atoms. The van der Waals surface area contributed by atoms with Gasteiger partial charge in [0.1, 0.15) is 11.1 Å². The first-order valence-corrected chi connectivity index (χ1v) is 18.3. The number of ether oxygens (including phenoxy) is 4. The van der Waals surface area contributed by atoms with Crippen LogP contribution in [0.25, 0.3) is 0 Å². The smallest absolute Gasteiger partial charge is 0.423 e. The molecular weight excluding hydrogens is 749 g/mol. The molecule has 2 aromatic carbocycles. The summed E-state index contributed by atoms with van der Waals surface area (Å²) in [4.78, 5) is 52.2. The predicted octanol–water partition coefficient (Wildman–Crippen LogP) is 10.9. The van der Waals surface area contributed by atoms with Gasteiger partial charge in [-0.15, -0.1) is 0 Å². The van der Waals surface area contributed by atoms with Crippen molar-refractivity contribution in [2.75, 3.05) is 13.2 Å². The van der Waals surface area contributed by atoms with Gasteiger partial charge in [0.15, 0.2) is 11.5 Å². The highest BCUT2D eigenvalue weighted by Crippen LogP contribution is 2.43. The van der Waals surface area contributed by atoms with E-state index in [-0.39, 0.29) is 43.3 Å². The van der Waals surface area contributed by atoms with Crippen LogP contribution in [0.4, 0.5) is 0 Å². The summed E-state index contributed by atoms with van der Waals surface area (Å²) in [6, 6.07) is 2.27. The molecule has 2 saturated carbocycles. The normalized spacial score (nSPS) is 15.4. The average Bonchev–Trinajstić information content (AvgIpc) is 3.97. The van der Waals surface area contributed by atoms with E-state index in [4.69, 9.17) is 88.6 Å². The maximum atomic E-state index is 13.1. The zero-order valence-electron chi connectivity index (χ0n) is 26.5. The minimum Gasteiger partial charge on any atom is -0.462 e. The highest BCUT2D eigenvalue weighted by atomic mass is 35.5. The van der Waals surface area contributed by atoms with Crippen molar-refractivity contribution in [3.63, 3.8) is 0 Å². The largest absolute Gasteiger partial charge is 0.462 e. The minimum absolute atomic E-state index is 0.0757. The van der Waals surface area contributed by atoms with Crippen molar-refractivity contribution in [2.45, 2.75) is 78.1 Å². The molecule has 2 aliphatic rings. The predicted molar refractivity (Wildman–Crippen MR) is 186 cm³/mol. The molecule has 2 aliphatic carbocycles. The van der Waals surface area contributed by atoms with Crippen LogP contribution >= 0.6 is 69.6 Å². The molecule has 2 aromatic rings. The van der Waals surface area contributed by atoms with Crippen LogP contribution in [0.15, 0.2) is 12.1 Å². The van der Waals surface area contributed by atoms with E-state index in [0.717, 1.165) is 37.8 Å². The van der Waals surface area contributed by atoms with Crippen LogP contribution in [0.5, 0.6) is 11.5 Å². The monoisotopic (exact) mass is 782 g/mol. The first-order valence-electron chi connectivity index (χ1n) is 16.0. The van der Waals surface area contributed by atoms with Crippen LogP contribution in [0.3, 0.4) is 0 Å². The molecule has 0 heterocycles. The van der Waals surface area contributed by atoms with Crippen molar-refractivity contribution >= 4 is 93.5 Å². The van der Waals surface area contributed by atoms with Crippen molar-refractivity contribution in [3.8, 4) is 11.5 Å². The van der Waals surface area contributed by atoms with Gasteiger partial charge in [-0.25, -0.2) is 19.2 Å². The number of halogens is 6. The van der Waals surface area contributed by atoms with Gasteiger partial charge in [-0.05, 0) is 87.2 Å². The van der Waals surface area contributed by atoms with Gasteiger partial charge in [-0.1, -0.05) is 96.3 Å². The van der Waals surface area contributed by atoms with Crippen LogP contribution in [0.2, 0.25) is 30.1 Å². The Morgan fingerprint density at radius 2 is 0.979 bits per heavy atom. The molecule has 2 fully saturated rings. The lowest BCUT2D eigenvalue weighted by atomic mass is 9.95. The first-order chi connectivity index (χ1) is 22.9. The standard InChI is InChI=1S/C34H36Cl6O8/c1-3-17(19-9-10-19)7-5-13-45-31(41)25-27(39)21(35)15-23(37)29(25)47-33(43)34(44)48-30-24(38)16-22(36)28(40)26(30)32(42)46-14-6-8-18(4-2)20-11-12-20/h15-20H,3-14H2,1-2H3. The molecule has 4 rings (SSSR count). The van der Waals surface area contributed by atoms with Crippen molar-refractivity contribution in [2.24, 2.45) is 23.7 Å². The van der Waals surface area contributed by atoms with Gasteiger partial charge in [0.05, 0.1) is 43.3 Å². The van der Waals surface area contributed by atoms with Crippen LogP contribution in [-0.4, -0.2) is 37.1 Å². The summed E-state index contributed by atoms with van der Waals surface area (Å²) in [6.45, 7) is 4.42. The van der Waals surface area contributed by atoms with Crippen molar-refractivity contribution < 1.29 is 38.1 Å². The summed E-state index contributed by atoms with van der Waals surface area (Å²) in [6.07, 6.45) is 9.95. The molecule has 0 spiro atoms. The number of carbonyl (C=O) groups excluding carboxylic acids is 4. The number of benzene rings is 2. The second-order valence-electron chi connectivity index (χ2n) is 12.1. The van der Waals surface area contributed by atoms with E-state index in [1.165, 1.54) is 25.7 Å². The van der Waals surface area contributed by atoms with E-state index in [2.05, 4.69) is 13.8 Å². The quantitative estimate of drug-likeness (QED) is 0.0545. The summed E-state index contributed by atoms with van der Waals surface area (Å²) in [5.41, 5.74) is -0.901. The van der Waals surface area contributed by atoms with Crippen LogP contribution in [0.1, 0.15) is 98.8 Å². The maximum Gasteiger partial charge on any atom is 0.423 e. The van der Waals surface area contributed by atoms with Gasteiger partial charge in [-0.3, -0.25) is 0 Å². The molecule has 14 heteroatoms. The van der Waals surface area contributed by atoms with E-state index in [1.54, 1.807) is 0 Å². The molecule has 8 nitrogen and oxygen atoms in total. The average molecular weight is 785 g/mol. The first kappa shape index (κ1) is 38.9. The highest BCUT2D eigenvalue weighted by Gasteiger charge is 2.33. The third-order valence-electron chi connectivity index (χ3n) is 8.75. The number of hydrogen-bond acceptors (Lipinski definition) is 8. The Kier molecular flexibility index (Phi) is 14.4. The summed E-state index contributed by atoms with van der Waals surface area (Å²) in [5.74, 6) is -3.77. The van der Waals surface area contributed by atoms with E-state index >= 15 is 0 Å². The Labute approximate surface area is 309 Å². The van der Waals surface area contributed by atoms with E-state index in [0.29, 0.717) is 36.5 Å². The van der Waals surface area contributed by atoms with Gasteiger partial charge < -0.3 is 18.9 Å². The second kappa shape index (κ2) is 17.8. The number of esters is 4. The Balaban J connectivity index is 1.45. The van der Waals surface area contributed by atoms with E-state index < -0.39 is 46.5 Å². The Morgan fingerprint density at radius 1 is 0.625 bits per heavy atom.